The fourth-order valence-corrected chi connectivity index (χ4v) is 3.05. The third kappa shape index (κ3) is 2.26. The summed E-state index contributed by atoms with van der Waals surface area (Å²) in [6, 6.07) is 4.71. The topological polar surface area (TPSA) is 47.3 Å². The number of thiocarbonyl (C=S) groups is 1. The average Bonchev–Trinajstić information content (AvgIpc) is 3.26. The molecule has 2 fully saturated rings. The molecule has 2 aliphatic rings. The molecule has 0 spiro atoms. The van der Waals surface area contributed by atoms with Gasteiger partial charge in [0.05, 0.1) is 24.8 Å². The van der Waals surface area contributed by atoms with Gasteiger partial charge in [0.15, 0.2) is 0 Å². The van der Waals surface area contributed by atoms with E-state index in [0.29, 0.717) is 30.4 Å². The van der Waals surface area contributed by atoms with Crippen molar-refractivity contribution >= 4 is 23.3 Å². The Morgan fingerprint density at radius 2 is 2.26 bits per heavy atom. The van der Waals surface area contributed by atoms with Crippen molar-refractivity contribution in [1.82, 2.24) is 5.32 Å². The van der Waals surface area contributed by atoms with Crippen LogP contribution in [0.2, 0.25) is 0 Å². The minimum Gasteiger partial charge on any atom is -0.399 e. The van der Waals surface area contributed by atoms with Gasteiger partial charge < -0.3 is 10.5 Å². The van der Waals surface area contributed by atoms with E-state index in [4.69, 9.17) is 22.7 Å². The van der Waals surface area contributed by atoms with Gasteiger partial charge in [-0.25, -0.2) is 4.39 Å². The molecule has 1 aliphatic carbocycles. The molecular weight excluding hydrogens is 263 g/mol. The molecule has 2 unspecified atom stereocenters. The number of nitrogens with one attached hydrogen (secondary N) is 1. The van der Waals surface area contributed by atoms with Gasteiger partial charge in [-0.15, -0.1) is 0 Å². The lowest BCUT2D eigenvalue weighted by atomic mass is 9.83. The maximum absolute atomic E-state index is 14.2. The SMILES string of the molecule is Nc1ccc(F)c(C2(C3CC3)COCC(C=S)N2)c1. The molecule has 3 rings (SSSR count). The molecule has 0 bridgehead atoms. The number of ether oxygens (including phenoxy) is 1. The van der Waals surface area contributed by atoms with E-state index in [1.54, 1.807) is 17.5 Å². The van der Waals surface area contributed by atoms with Crippen LogP contribution in [0.15, 0.2) is 18.2 Å². The number of rotatable bonds is 3. The lowest BCUT2D eigenvalue weighted by Gasteiger charge is -2.42. The van der Waals surface area contributed by atoms with Gasteiger partial charge in [-0.3, -0.25) is 5.32 Å². The summed E-state index contributed by atoms with van der Waals surface area (Å²) in [7, 11) is 0. The van der Waals surface area contributed by atoms with Crippen LogP contribution in [0, 0.1) is 11.7 Å². The van der Waals surface area contributed by atoms with Crippen LogP contribution >= 0.6 is 12.2 Å². The number of morpholine rings is 1. The van der Waals surface area contributed by atoms with E-state index >= 15 is 0 Å². The number of hydrogen-bond donors (Lipinski definition) is 2. The molecule has 102 valence electrons. The number of anilines is 1. The van der Waals surface area contributed by atoms with Crippen molar-refractivity contribution in [2.45, 2.75) is 24.4 Å². The predicted molar refractivity (Wildman–Crippen MR) is 76.6 cm³/mol. The summed E-state index contributed by atoms with van der Waals surface area (Å²) in [5, 5.41) is 5.14. The van der Waals surface area contributed by atoms with Crippen molar-refractivity contribution in [3.05, 3.63) is 29.6 Å². The molecule has 0 aromatic heterocycles. The smallest absolute Gasteiger partial charge is 0.128 e. The fourth-order valence-electron chi connectivity index (χ4n) is 2.91. The van der Waals surface area contributed by atoms with Gasteiger partial charge in [-0.1, -0.05) is 12.2 Å². The van der Waals surface area contributed by atoms with Crippen molar-refractivity contribution in [1.29, 1.82) is 0 Å². The highest BCUT2D eigenvalue weighted by atomic mass is 32.1. The standard InChI is InChI=1S/C14H17FN2OS/c15-13-4-3-10(16)5-12(13)14(9-1-2-9)8-18-6-11(7-19)17-14/h3-5,7,9,11,17H,1-2,6,8,16H2. The van der Waals surface area contributed by atoms with E-state index in [0.717, 1.165) is 12.8 Å². The summed E-state index contributed by atoms with van der Waals surface area (Å²) in [5.41, 5.74) is 6.51. The summed E-state index contributed by atoms with van der Waals surface area (Å²) < 4.78 is 19.9. The Morgan fingerprint density at radius 3 is 2.95 bits per heavy atom. The van der Waals surface area contributed by atoms with E-state index in [9.17, 15) is 4.39 Å². The van der Waals surface area contributed by atoms with Gasteiger partial charge in [0.2, 0.25) is 0 Å². The zero-order valence-corrected chi connectivity index (χ0v) is 11.4. The quantitative estimate of drug-likeness (QED) is 0.657. The lowest BCUT2D eigenvalue weighted by Crippen LogP contribution is -2.59. The van der Waals surface area contributed by atoms with Crippen molar-refractivity contribution in [2.75, 3.05) is 18.9 Å². The predicted octanol–water partition coefficient (Wildman–Crippen LogP) is 2.00. The highest BCUT2D eigenvalue weighted by molar-refractivity contribution is 7.79. The van der Waals surface area contributed by atoms with Crippen LogP contribution in [0.1, 0.15) is 18.4 Å². The fraction of sp³-hybridized carbons (Fsp3) is 0.500. The number of hydrogen-bond acceptors (Lipinski definition) is 4. The minimum atomic E-state index is -0.488. The zero-order chi connectivity index (χ0) is 13.5. The molecule has 1 aromatic carbocycles. The van der Waals surface area contributed by atoms with Crippen molar-refractivity contribution in [3.8, 4) is 0 Å². The minimum absolute atomic E-state index is 0.0230. The molecule has 1 saturated heterocycles. The van der Waals surface area contributed by atoms with E-state index in [2.05, 4.69) is 5.32 Å². The average molecular weight is 280 g/mol. The Balaban J connectivity index is 2.04. The molecule has 2 atom stereocenters. The van der Waals surface area contributed by atoms with Crippen LogP contribution in [0.3, 0.4) is 0 Å². The van der Waals surface area contributed by atoms with Gasteiger partial charge in [0.1, 0.15) is 5.82 Å². The first kappa shape index (κ1) is 13.0. The Morgan fingerprint density at radius 1 is 1.47 bits per heavy atom. The van der Waals surface area contributed by atoms with Crippen LogP contribution < -0.4 is 11.1 Å². The first-order chi connectivity index (χ1) is 9.15. The third-order valence-corrected chi connectivity index (χ3v) is 4.31. The van der Waals surface area contributed by atoms with Gasteiger partial charge in [0.25, 0.3) is 0 Å². The van der Waals surface area contributed by atoms with Gasteiger partial charge >= 0.3 is 0 Å². The first-order valence-electron chi connectivity index (χ1n) is 6.52. The molecule has 1 saturated carbocycles. The molecule has 3 N–H and O–H groups in total. The van der Waals surface area contributed by atoms with Crippen LogP contribution in [-0.4, -0.2) is 24.6 Å². The zero-order valence-electron chi connectivity index (χ0n) is 10.6. The first-order valence-corrected chi connectivity index (χ1v) is 6.99. The molecular formula is C14H17FN2OS. The second kappa shape index (κ2) is 4.81. The molecule has 5 heteroatoms. The summed E-state index contributed by atoms with van der Waals surface area (Å²) in [6.07, 6.45) is 2.16. The summed E-state index contributed by atoms with van der Waals surface area (Å²) in [5.74, 6) is 0.156. The molecule has 0 radical (unpaired) electrons. The van der Waals surface area contributed by atoms with Crippen LogP contribution in [0.5, 0.6) is 0 Å². The van der Waals surface area contributed by atoms with Crippen molar-refractivity contribution in [2.24, 2.45) is 5.92 Å². The van der Waals surface area contributed by atoms with Crippen LogP contribution in [-0.2, 0) is 10.3 Å². The third-order valence-electron chi connectivity index (χ3n) is 3.98. The van der Waals surface area contributed by atoms with Gasteiger partial charge in [-0.05, 0) is 42.3 Å². The van der Waals surface area contributed by atoms with E-state index in [-0.39, 0.29) is 11.9 Å². The lowest BCUT2D eigenvalue weighted by molar-refractivity contribution is 0.000936. The Labute approximate surface area is 117 Å². The summed E-state index contributed by atoms with van der Waals surface area (Å²) >= 11 is 5.00. The monoisotopic (exact) mass is 280 g/mol. The highest BCUT2D eigenvalue weighted by Crippen LogP contribution is 2.48. The molecule has 19 heavy (non-hydrogen) atoms. The number of halogens is 1. The summed E-state index contributed by atoms with van der Waals surface area (Å²) in [4.78, 5) is 0. The molecule has 1 heterocycles. The van der Waals surface area contributed by atoms with Crippen LogP contribution in [0.25, 0.3) is 0 Å². The number of nitrogen functional groups attached to an aromatic ring is 1. The second-order valence-electron chi connectivity index (χ2n) is 5.39. The van der Waals surface area contributed by atoms with Gasteiger partial charge in [-0.2, -0.15) is 0 Å². The normalized spacial score (nSPS) is 31.1. The highest BCUT2D eigenvalue weighted by Gasteiger charge is 2.50. The van der Waals surface area contributed by atoms with Crippen molar-refractivity contribution in [3.63, 3.8) is 0 Å². The van der Waals surface area contributed by atoms with Crippen molar-refractivity contribution < 1.29 is 9.13 Å². The maximum atomic E-state index is 14.2. The van der Waals surface area contributed by atoms with E-state index < -0.39 is 5.54 Å². The largest absolute Gasteiger partial charge is 0.399 e. The maximum Gasteiger partial charge on any atom is 0.128 e. The van der Waals surface area contributed by atoms with Gasteiger partial charge in [0, 0.05) is 11.3 Å². The van der Waals surface area contributed by atoms with Crippen LogP contribution in [0.4, 0.5) is 10.1 Å². The molecule has 1 aliphatic heterocycles. The molecule has 1 aromatic rings. The van der Waals surface area contributed by atoms with E-state index in [1.165, 1.54) is 6.07 Å². The Hall–Kier alpha value is -1.04. The number of benzene rings is 1. The second-order valence-corrected chi connectivity index (χ2v) is 5.66. The Kier molecular flexibility index (Phi) is 3.28. The Bertz CT molecular complexity index is 506. The van der Waals surface area contributed by atoms with E-state index in [1.807, 2.05) is 0 Å². The number of nitrogens with two attached hydrogens (primary N) is 1. The molecule has 3 nitrogen and oxygen atoms in total. The summed E-state index contributed by atoms with van der Waals surface area (Å²) in [6.45, 7) is 1.01. The molecule has 0 amide bonds.